The molecule has 6 nitrogen and oxygen atoms in total. The highest BCUT2D eigenvalue weighted by Gasteiger charge is 2.36. The third-order valence-electron chi connectivity index (χ3n) is 3.52. The van der Waals surface area contributed by atoms with E-state index in [0.717, 1.165) is 0 Å². The first kappa shape index (κ1) is 16.9. The van der Waals surface area contributed by atoms with Crippen molar-refractivity contribution in [2.45, 2.75) is 36.1 Å². The van der Waals surface area contributed by atoms with Crippen LogP contribution in [-0.4, -0.2) is 49.6 Å². The largest absolute Gasteiger partial charge is 0.480 e. The van der Waals surface area contributed by atoms with E-state index in [1.54, 1.807) is 11.4 Å². The van der Waals surface area contributed by atoms with Crippen molar-refractivity contribution in [2.24, 2.45) is 0 Å². The van der Waals surface area contributed by atoms with Crippen LogP contribution in [0.4, 0.5) is 0 Å². The van der Waals surface area contributed by atoms with Gasteiger partial charge in [-0.1, -0.05) is 6.92 Å². The number of carbonyl (C=O) groups is 1. The third kappa shape index (κ3) is 4.04. The summed E-state index contributed by atoms with van der Waals surface area (Å²) < 4.78 is 27.9. The van der Waals surface area contributed by atoms with E-state index >= 15 is 0 Å². The second kappa shape index (κ2) is 6.74. The molecule has 0 amide bonds. The van der Waals surface area contributed by atoms with Gasteiger partial charge in [-0.15, -0.1) is 11.3 Å². The number of likely N-dealkylation sites (N-methyl/N-ethyl adjacent to an activating group) is 1. The number of carboxylic acids is 1. The number of aliphatic carboxylic acids is 1. The number of nitrogens with zero attached hydrogens (tertiary/aromatic N) is 1. The first-order chi connectivity index (χ1) is 9.83. The van der Waals surface area contributed by atoms with Gasteiger partial charge in [-0.25, -0.2) is 13.1 Å². The number of hydrogen-bond acceptors (Lipinski definition) is 5. The molecule has 1 aliphatic rings. The van der Waals surface area contributed by atoms with E-state index in [9.17, 15) is 13.2 Å². The van der Waals surface area contributed by atoms with Crippen LogP contribution in [0.1, 0.15) is 19.8 Å². The second-order valence-corrected chi connectivity index (χ2v) is 8.64. The van der Waals surface area contributed by atoms with Crippen LogP contribution in [0.3, 0.4) is 0 Å². The number of sulfonamides is 1. The smallest absolute Gasteiger partial charge is 0.317 e. The van der Waals surface area contributed by atoms with Crippen LogP contribution < -0.4 is 4.72 Å². The Labute approximate surface area is 136 Å². The summed E-state index contributed by atoms with van der Waals surface area (Å²) in [6.45, 7) is 2.55. The van der Waals surface area contributed by atoms with Crippen LogP contribution in [0.5, 0.6) is 0 Å². The first-order valence-corrected chi connectivity index (χ1v) is 9.70. The van der Waals surface area contributed by atoms with Gasteiger partial charge in [0.2, 0.25) is 0 Å². The van der Waals surface area contributed by atoms with Crippen LogP contribution in [-0.2, 0) is 14.8 Å². The number of thiophene rings is 1. The van der Waals surface area contributed by atoms with Crippen molar-refractivity contribution in [3.05, 3.63) is 15.9 Å². The Morgan fingerprint density at radius 2 is 2.24 bits per heavy atom. The Balaban J connectivity index is 1.91. The summed E-state index contributed by atoms with van der Waals surface area (Å²) in [6, 6.07) is 1.71. The molecule has 0 atom stereocenters. The van der Waals surface area contributed by atoms with Crippen LogP contribution in [0.2, 0.25) is 0 Å². The number of rotatable bonds is 7. The molecule has 0 spiro atoms. The normalized spacial score (nSPS) is 22.2. The summed E-state index contributed by atoms with van der Waals surface area (Å²) in [5, 5.41) is 10.6. The molecule has 1 aromatic rings. The van der Waals surface area contributed by atoms with Crippen LogP contribution >= 0.6 is 27.3 Å². The fraction of sp³-hybridized carbons (Fsp3) is 0.583. The van der Waals surface area contributed by atoms with Crippen molar-refractivity contribution in [3.63, 3.8) is 0 Å². The third-order valence-corrected chi connectivity index (χ3v) is 7.71. The number of hydrogen-bond donors (Lipinski definition) is 2. The molecule has 0 unspecified atom stereocenters. The summed E-state index contributed by atoms with van der Waals surface area (Å²) in [5.74, 6) is -0.858. The zero-order chi connectivity index (χ0) is 15.6. The number of halogens is 1. The number of carboxylic acid groups (broad SMARTS) is 1. The van der Waals surface area contributed by atoms with E-state index < -0.39 is 16.0 Å². The van der Waals surface area contributed by atoms with Crippen molar-refractivity contribution in [1.29, 1.82) is 0 Å². The van der Waals surface area contributed by atoms with Gasteiger partial charge in [-0.05, 0) is 46.8 Å². The molecular formula is C12H17BrN2O4S2. The highest BCUT2D eigenvalue weighted by Crippen LogP contribution is 2.31. The van der Waals surface area contributed by atoms with Crippen molar-refractivity contribution in [1.82, 2.24) is 9.62 Å². The molecule has 1 aliphatic carbocycles. The molecule has 0 aromatic carbocycles. The standard InChI is InChI=1S/C12H17BrN2O4S2/c1-2-15(7-11(16)17)9-5-8(6-9)14-21(18,19)12-10(13)3-4-20-12/h3-4,8-9,14H,2,5-7H2,1H3,(H,16,17). The molecule has 0 saturated heterocycles. The van der Waals surface area contributed by atoms with E-state index in [0.29, 0.717) is 23.9 Å². The fourth-order valence-corrected chi connectivity index (χ4v) is 6.02. The highest BCUT2D eigenvalue weighted by molar-refractivity contribution is 9.10. The first-order valence-electron chi connectivity index (χ1n) is 6.54. The molecule has 1 aromatic heterocycles. The minimum Gasteiger partial charge on any atom is -0.480 e. The lowest BCUT2D eigenvalue weighted by Gasteiger charge is -2.41. The Morgan fingerprint density at radius 1 is 1.57 bits per heavy atom. The fourth-order valence-electron chi connectivity index (χ4n) is 2.40. The highest BCUT2D eigenvalue weighted by atomic mass is 79.9. The second-order valence-electron chi connectivity index (χ2n) is 4.96. The summed E-state index contributed by atoms with van der Waals surface area (Å²) in [5.41, 5.74) is 0. The molecule has 2 N–H and O–H groups in total. The molecule has 118 valence electrons. The molecule has 1 saturated carbocycles. The molecule has 2 rings (SSSR count). The van der Waals surface area contributed by atoms with Crippen molar-refractivity contribution >= 4 is 43.3 Å². The molecule has 0 aliphatic heterocycles. The van der Waals surface area contributed by atoms with E-state index in [2.05, 4.69) is 20.7 Å². The van der Waals surface area contributed by atoms with Gasteiger partial charge in [-0.3, -0.25) is 9.69 Å². The summed E-state index contributed by atoms with van der Waals surface area (Å²) >= 11 is 4.39. The van der Waals surface area contributed by atoms with Gasteiger partial charge in [0, 0.05) is 16.6 Å². The lowest BCUT2D eigenvalue weighted by atomic mass is 9.86. The predicted molar refractivity (Wildman–Crippen MR) is 84.0 cm³/mol. The van der Waals surface area contributed by atoms with E-state index in [-0.39, 0.29) is 22.8 Å². The van der Waals surface area contributed by atoms with Gasteiger partial charge in [-0.2, -0.15) is 0 Å². The van der Waals surface area contributed by atoms with Gasteiger partial charge in [0.15, 0.2) is 0 Å². The van der Waals surface area contributed by atoms with Gasteiger partial charge in [0.1, 0.15) is 4.21 Å². The topological polar surface area (TPSA) is 86.7 Å². The zero-order valence-corrected chi connectivity index (χ0v) is 14.7. The minimum absolute atomic E-state index is 0.00287. The summed E-state index contributed by atoms with van der Waals surface area (Å²) in [4.78, 5) is 12.6. The number of nitrogens with one attached hydrogen (secondary N) is 1. The zero-order valence-electron chi connectivity index (χ0n) is 11.5. The van der Waals surface area contributed by atoms with Gasteiger partial charge < -0.3 is 5.11 Å². The monoisotopic (exact) mass is 396 g/mol. The molecule has 0 radical (unpaired) electrons. The lowest BCUT2D eigenvalue weighted by molar-refractivity contribution is -0.139. The van der Waals surface area contributed by atoms with Gasteiger partial charge in [0.05, 0.1) is 6.54 Å². The average molecular weight is 397 g/mol. The SMILES string of the molecule is CCN(CC(=O)O)C1CC(NS(=O)(=O)c2sccc2Br)C1. The van der Waals surface area contributed by atoms with Gasteiger partial charge in [0.25, 0.3) is 10.0 Å². The van der Waals surface area contributed by atoms with E-state index in [4.69, 9.17) is 5.11 Å². The lowest BCUT2D eigenvalue weighted by Crippen LogP contribution is -2.54. The average Bonchev–Trinajstić information content (AvgIpc) is 2.77. The summed E-state index contributed by atoms with van der Waals surface area (Å²) in [6.07, 6.45) is 1.28. The maximum Gasteiger partial charge on any atom is 0.317 e. The van der Waals surface area contributed by atoms with E-state index in [1.807, 2.05) is 11.8 Å². The van der Waals surface area contributed by atoms with E-state index in [1.165, 1.54) is 11.3 Å². The maximum absolute atomic E-state index is 12.2. The van der Waals surface area contributed by atoms with Crippen LogP contribution in [0.15, 0.2) is 20.1 Å². The minimum atomic E-state index is -3.50. The van der Waals surface area contributed by atoms with Crippen molar-refractivity contribution < 1.29 is 18.3 Å². The van der Waals surface area contributed by atoms with Crippen LogP contribution in [0, 0.1) is 0 Å². The Kier molecular flexibility index (Phi) is 5.42. The van der Waals surface area contributed by atoms with Crippen molar-refractivity contribution in [3.8, 4) is 0 Å². The molecule has 0 bridgehead atoms. The Bertz CT molecular complexity index is 611. The van der Waals surface area contributed by atoms with Crippen LogP contribution in [0.25, 0.3) is 0 Å². The Hall–Kier alpha value is -0.480. The molecule has 1 heterocycles. The Morgan fingerprint density at radius 3 is 2.71 bits per heavy atom. The predicted octanol–water partition coefficient (Wildman–Crippen LogP) is 1.73. The molecule has 9 heteroatoms. The van der Waals surface area contributed by atoms with Gasteiger partial charge >= 0.3 is 5.97 Å². The summed E-state index contributed by atoms with van der Waals surface area (Å²) in [7, 11) is -3.50. The quantitative estimate of drug-likeness (QED) is 0.732. The molecule has 1 fully saturated rings. The molecular weight excluding hydrogens is 380 g/mol. The maximum atomic E-state index is 12.2. The van der Waals surface area contributed by atoms with Crippen molar-refractivity contribution in [2.75, 3.05) is 13.1 Å². The molecule has 21 heavy (non-hydrogen) atoms.